The number of rotatable bonds is 8. The molecule has 0 aliphatic heterocycles. The molecule has 7 heteroatoms. The van der Waals surface area contributed by atoms with Crippen LogP contribution in [0, 0.1) is 6.92 Å². The zero-order valence-corrected chi connectivity index (χ0v) is 17.0. The second-order valence-electron chi connectivity index (χ2n) is 6.05. The Kier molecular flexibility index (Phi) is 6.84. The van der Waals surface area contributed by atoms with Crippen molar-refractivity contribution >= 4 is 39.8 Å². The number of thioether (sulfide) groups is 1. The molecule has 1 heterocycles. The fraction of sp³-hybridized carbons (Fsp3) is 0.250. The lowest BCUT2D eigenvalue weighted by atomic mass is 10.2. The van der Waals surface area contributed by atoms with E-state index in [2.05, 4.69) is 22.4 Å². The molecule has 1 N–H and O–H groups in total. The van der Waals surface area contributed by atoms with Gasteiger partial charge in [-0.3, -0.25) is 4.79 Å². The first-order valence-corrected chi connectivity index (χ1v) is 10.6. The van der Waals surface area contributed by atoms with Crippen molar-refractivity contribution in [1.82, 2.24) is 15.1 Å². The SMILES string of the molecule is CCN(Cc1ccccc1)C(=O)CSc1nnc(Nc2ccc(C)cc2)s1. The quantitative estimate of drug-likeness (QED) is 0.556. The number of carbonyl (C=O) groups excluding carboxylic acids is 1. The van der Waals surface area contributed by atoms with E-state index >= 15 is 0 Å². The summed E-state index contributed by atoms with van der Waals surface area (Å²) in [4.78, 5) is 14.4. The van der Waals surface area contributed by atoms with Crippen LogP contribution in [-0.4, -0.2) is 33.3 Å². The van der Waals surface area contributed by atoms with Gasteiger partial charge in [-0.1, -0.05) is 71.1 Å². The van der Waals surface area contributed by atoms with E-state index in [-0.39, 0.29) is 5.91 Å². The molecule has 140 valence electrons. The van der Waals surface area contributed by atoms with Crippen LogP contribution in [0.2, 0.25) is 0 Å². The Bertz CT molecular complexity index is 865. The summed E-state index contributed by atoms with van der Waals surface area (Å²) in [5.41, 5.74) is 3.33. The lowest BCUT2D eigenvalue weighted by molar-refractivity contribution is -0.128. The molecule has 0 unspecified atom stereocenters. The molecule has 0 saturated heterocycles. The van der Waals surface area contributed by atoms with Crippen molar-refractivity contribution < 1.29 is 4.79 Å². The predicted octanol–water partition coefficient (Wildman–Crippen LogP) is 4.73. The van der Waals surface area contributed by atoms with Gasteiger partial charge in [0.1, 0.15) is 0 Å². The van der Waals surface area contributed by atoms with Crippen LogP contribution in [0.25, 0.3) is 0 Å². The molecule has 0 saturated carbocycles. The van der Waals surface area contributed by atoms with E-state index in [0.717, 1.165) is 20.7 Å². The summed E-state index contributed by atoms with van der Waals surface area (Å²) < 4.78 is 0.786. The number of anilines is 2. The Morgan fingerprint density at radius 3 is 2.56 bits per heavy atom. The Balaban J connectivity index is 1.52. The van der Waals surface area contributed by atoms with Gasteiger partial charge >= 0.3 is 0 Å². The molecule has 0 fully saturated rings. The number of amides is 1. The number of nitrogens with zero attached hydrogens (tertiary/aromatic N) is 3. The van der Waals surface area contributed by atoms with E-state index in [1.807, 2.05) is 66.4 Å². The van der Waals surface area contributed by atoms with Crippen LogP contribution in [0.1, 0.15) is 18.1 Å². The van der Waals surface area contributed by atoms with Crippen molar-refractivity contribution in [2.45, 2.75) is 24.7 Å². The maximum absolute atomic E-state index is 12.5. The average molecular weight is 399 g/mol. The molecule has 3 rings (SSSR count). The van der Waals surface area contributed by atoms with Crippen molar-refractivity contribution in [3.05, 3.63) is 65.7 Å². The average Bonchev–Trinajstić information content (AvgIpc) is 3.14. The highest BCUT2D eigenvalue weighted by Crippen LogP contribution is 2.28. The summed E-state index contributed by atoms with van der Waals surface area (Å²) in [5, 5.41) is 12.3. The molecule has 1 amide bonds. The smallest absolute Gasteiger partial charge is 0.233 e. The predicted molar refractivity (Wildman–Crippen MR) is 113 cm³/mol. The van der Waals surface area contributed by atoms with Crippen molar-refractivity contribution in [2.75, 3.05) is 17.6 Å². The maximum atomic E-state index is 12.5. The standard InChI is InChI=1S/C20H22N4OS2/c1-3-24(13-16-7-5-4-6-8-16)18(25)14-26-20-23-22-19(27-20)21-17-11-9-15(2)10-12-17/h4-12H,3,13-14H2,1-2H3,(H,21,22). The third-order valence-electron chi connectivity index (χ3n) is 3.98. The molecule has 0 radical (unpaired) electrons. The number of benzene rings is 2. The number of hydrogen-bond donors (Lipinski definition) is 1. The number of hydrogen-bond acceptors (Lipinski definition) is 6. The summed E-state index contributed by atoms with van der Waals surface area (Å²) >= 11 is 2.89. The lowest BCUT2D eigenvalue weighted by Gasteiger charge is -2.20. The van der Waals surface area contributed by atoms with Crippen LogP contribution in [0.4, 0.5) is 10.8 Å². The highest BCUT2D eigenvalue weighted by atomic mass is 32.2. The zero-order chi connectivity index (χ0) is 19.1. The van der Waals surface area contributed by atoms with Gasteiger partial charge in [0.25, 0.3) is 0 Å². The number of aromatic nitrogens is 2. The molecule has 0 atom stereocenters. The van der Waals surface area contributed by atoms with Gasteiger partial charge in [-0.2, -0.15) is 0 Å². The van der Waals surface area contributed by atoms with Gasteiger partial charge in [0.05, 0.1) is 5.75 Å². The fourth-order valence-electron chi connectivity index (χ4n) is 2.47. The molecule has 2 aromatic carbocycles. The van der Waals surface area contributed by atoms with Crippen molar-refractivity contribution in [3.8, 4) is 0 Å². The summed E-state index contributed by atoms with van der Waals surface area (Å²) in [5.74, 6) is 0.467. The third kappa shape index (κ3) is 5.80. The molecular weight excluding hydrogens is 376 g/mol. The summed E-state index contributed by atoms with van der Waals surface area (Å²) in [6, 6.07) is 18.2. The van der Waals surface area contributed by atoms with E-state index in [1.54, 1.807) is 0 Å². The molecule has 1 aromatic heterocycles. The molecule has 5 nitrogen and oxygen atoms in total. The Labute approximate surface area is 167 Å². The van der Waals surface area contributed by atoms with Crippen LogP contribution in [0.15, 0.2) is 58.9 Å². The largest absolute Gasteiger partial charge is 0.338 e. The summed E-state index contributed by atoms with van der Waals surface area (Å²) in [6.07, 6.45) is 0. The van der Waals surface area contributed by atoms with E-state index in [1.165, 1.54) is 28.7 Å². The van der Waals surface area contributed by atoms with Gasteiger partial charge in [-0.15, -0.1) is 10.2 Å². The number of aryl methyl sites for hydroxylation is 1. The second-order valence-corrected chi connectivity index (χ2v) is 8.25. The van der Waals surface area contributed by atoms with Crippen molar-refractivity contribution in [1.29, 1.82) is 0 Å². The highest BCUT2D eigenvalue weighted by Gasteiger charge is 2.14. The molecule has 3 aromatic rings. The van der Waals surface area contributed by atoms with Gasteiger partial charge < -0.3 is 10.2 Å². The van der Waals surface area contributed by atoms with Crippen molar-refractivity contribution in [3.63, 3.8) is 0 Å². The summed E-state index contributed by atoms with van der Waals surface area (Å²) in [7, 11) is 0. The van der Waals surface area contributed by atoms with Crippen LogP contribution >= 0.6 is 23.1 Å². The Morgan fingerprint density at radius 2 is 1.85 bits per heavy atom. The topological polar surface area (TPSA) is 58.1 Å². The minimum Gasteiger partial charge on any atom is -0.338 e. The van der Waals surface area contributed by atoms with Gasteiger partial charge in [-0.25, -0.2) is 0 Å². The first-order valence-electron chi connectivity index (χ1n) is 8.75. The van der Waals surface area contributed by atoms with Crippen LogP contribution in [0.3, 0.4) is 0 Å². The number of carbonyl (C=O) groups is 1. The number of nitrogens with one attached hydrogen (secondary N) is 1. The van der Waals surface area contributed by atoms with Crippen molar-refractivity contribution in [2.24, 2.45) is 0 Å². The minimum absolute atomic E-state index is 0.106. The van der Waals surface area contributed by atoms with E-state index in [9.17, 15) is 4.79 Å². The van der Waals surface area contributed by atoms with Crippen LogP contribution in [0.5, 0.6) is 0 Å². The summed E-state index contributed by atoms with van der Waals surface area (Å²) in [6.45, 7) is 5.37. The Morgan fingerprint density at radius 1 is 1.11 bits per heavy atom. The monoisotopic (exact) mass is 398 g/mol. The van der Waals surface area contributed by atoms with Gasteiger partial charge in [-0.05, 0) is 31.5 Å². The Hall–Kier alpha value is -2.38. The van der Waals surface area contributed by atoms with Gasteiger partial charge in [0, 0.05) is 18.8 Å². The second kappa shape index (κ2) is 9.53. The lowest BCUT2D eigenvalue weighted by Crippen LogP contribution is -2.31. The van der Waals surface area contributed by atoms with Crippen LogP contribution < -0.4 is 5.32 Å². The van der Waals surface area contributed by atoms with E-state index in [0.29, 0.717) is 18.8 Å². The molecular formula is C20H22N4OS2. The molecule has 0 aliphatic rings. The first kappa shape index (κ1) is 19.4. The van der Waals surface area contributed by atoms with Gasteiger partial charge in [0.15, 0.2) is 4.34 Å². The van der Waals surface area contributed by atoms with E-state index < -0.39 is 0 Å². The molecule has 0 bridgehead atoms. The molecule has 0 spiro atoms. The molecule has 27 heavy (non-hydrogen) atoms. The highest BCUT2D eigenvalue weighted by molar-refractivity contribution is 8.01. The van der Waals surface area contributed by atoms with E-state index in [4.69, 9.17) is 0 Å². The maximum Gasteiger partial charge on any atom is 0.233 e. The van der Waals surface area contributed by atoms with Crippen LogP contribution in [-0.2, 0) is 11.3 Å². The van der Waals surface area contributed by atoms with Gasteiger partial charge in [0.2, 0.25) is 11.0 Å². The molecule has 0 aliphatic carbocycles. The zero-order valence-electron chi connectivity index (χ0n) is 15.4. The minimum atomic E-state index is 0.106. The first-order chi connectivity index (χ1) is 13.1. The normalized spacial score (nSPS) is 10.6. The fourth-order valence-corrected chi connectivity index (χ4v) is 4.15. The third-order valence-corrected chi connectivity index (χ3v) is 5.94.